The molecule has 0 aromatic heterocycles. The van der Waals surface area contributed by atoms with Gasteiger partial charge >= 0.3 is 5.97 Å². The van der Waals surface area contributed by atoms with E-state index in [-0.39, 0.29) is 6.54 Å². The lowest BCUT2D eigenvalue weighted by Crippen LogP contribution is -2.32. The molecule has 0 fully saturated rings. The van der Waals surface area contributed by atoms with Gasteiger partial charge in [0.1, 0.15) is 0 Å². The van der Waals surface area contributed by atoms with Gasteiger partial charge in [-0.25, -0.2) is 0 Å². The van der Waals surface area contributed by atoms with Gasteiger partial charge in [0.15, 0.2) is 0 Å². The first-order valence-corrected chi connectivity index (χ1v) is 4.33. The van der Waals surface area contributed by atoms with Crippen molar-refractivity contribution in [3.63, 3.8) is 0 Å². The number of carboxylic acids is 1. The van der Waals surface area contributed by atoms with Gasteiger partial charge in [0.05, 0.1) is 13.2 Å². The van der Waals surface area contributed by atoms with E-state index in [0.717, 1.165) is 0 Å². The minimum Gasteiger partial charge on any atom is -0.480 e. The van der Waals surface area contributed by atoms with E-state index >= 15 is 0 Å². The summed E-state index contributed by atoms with van der Waals surface area (Å²) >= 11 is 0. The Kier molecular flexibility index (Phi) is 7.24. The molecule has 0 unspecified atom stereocenters. The van der Waals surface area contributed by atoms with Crippen molar-refractivity contribution < 1.29 is 14.6 Å². The molecule has 0 bridgehead atoms. The first kappa shape index (κ1) is 12.1. The Bertz CT molecular complexity index is 159. The van der Waals surface area contributed by atoms with E-state index < -0.39 is 5.97 Å². The van der Waals surface area contributed by atoms with Crippen LogP contribution in [0.4, 0.5) is 0 Å². The second kappa shape index (κ2) is 7.76. The molecule has 0 radical (unpaired) electrons. The molecule has 0 aromatic rings. The Hall–Kier alpha value is -0.870. The number of ether oxygens (including phenoxy) is 1. The summed E-state index contributed by atoms with van der Waals surface area (Å²) in [5.74, 6) is -0.821. The van der Waals surface area contributed by atoms with Crippen molar-refractivity contribution >= 4 is 5.97 Å². The van der Waals surface area contributed by atoms with Gasteiger partial charge in [0, 0.05) is 19.7 Å². The molecule has 0 saturated carbocycles. The van der Waals surface area contributed by atoms with E-state index in [0.29, 0.717) is 26.3 Å². The molecule has 1 N–H and O–H groups in total. The van der Waals surface area contributed by atoms with Crippen LogP contribution in [0.25, 0.3) is 0 Å². The molecule has 4 nitrogen and oxygen atoms in total. The van der Waals surface area contributed by atoms with Crippen LogP contribution in [0.1, 0.15) is 6.92 Å². The number of carboxylic acid groups (broad SMARTS) is 1. The Morgan fingerprint density at radius 2 is 2.38 bits per heavy atom. The summed E-state index contributed by atoms with van der Waals surface area (Å²) in [6.45, 7) is 7.96. The zero-order chi connectivity index (χ0) is 10.1. The minimum atomic E-state index is -0.821. The predicted octanol–water partition coefficient (Wildman–Crippen LogP) is 0.595. The molecule has 0 aliphatic heterocycles. The topological polar surface area (TPSA) is 49.8 Å². The van der Waals surface area contributed by atoms with Gasteiger partial charge in [-0.15, -0.1) is 6.58 Å². The maximum absolute atomic E-state index is 10.4. The maximum Gasteiger partial charge on any atom is 0.317 e. The highest BCUT2D eigenvalue weighted by Crippen LogP contribution is 1.89. The molecule has 0 aliphatic rings. The van der Waals surface area contributed by atoms with Gasteiger partial charge in [-0.1, -0.05) is 6.08 Å². The number of hydrogen-bond donors (Lipinski definition) is 1. The molecule has 0 heterocycles. The van der Waals surface area contributed by atoms with Crippen LogP contribution in [0.5, 0.6) is 0 Å². The van der Waals surface area contributed by atoms with Crippen molar-refractivity contribution in [1.29, 1.82) is 0 Å². The maximum atomic E-state index is 10.4. The highest BCUT2D eigenvalue weighted by atomic mass is 16.5. The molecule has 0 spiro atoms. The van der Waals surface area contributed by atoms with Gasteiger partial charge in [-0.05, 0) is 6.92 Å². The molecule has 0 rings (SSSR count). The normalized spacial score (nSPS) is 10.3. The predicted molar refractivity (Wildman–Crippen MR) is 50.8 cm³/mol. The number of hydrogen-bond acceptors (Lipinski definition) is 3. The van der Waals surface area contributed by atoms with E-state index in [9.17, 15) is 4.79 Å². The van der Waals surface area contributed by atoms with E-state index in [1.165, 1.54) is 0 Å². The fourth-order valence-corrected chi connectivity index (χ4v) is 0.947. The van der Waals surface area contributed by atoms with Gasteiger partial charge in [-0.2, -0.15) is 0 Å². The average Bonchev–Trinajstić information content (AvgIpc) is 2.04. The quantitative estimate of drug-likeness (QED) is 0.446. The molecule has 0 aromatic carbocycles. The highest BCUT2D eigenvalue weighted by Gasteiger charge is 2.06. The molecule has 0 amide bonds. The summed E-state index contributed by atoms with van der Waals surface area (Å²) in [6, 6.07) is 0. The van der Waals surface area contributed by atoms with Crippen LogP contribution in [-0.2, 0) is 9.53 Å². The summed E-state index contributed by atoms with van der Waals surface area (Å²) in [6.07, 6.45) is 1.69. The zero-order valence-electron chi connectivity index (χ0n) is 8.03. The van der Waals surface area contributed by atoms with Crippen molar-refractivity contribution in [1.82, 2.24) is 4.90 Å². The molecular weight excluding hydrogens is 170 g/mol. The highest BCUT2D eigenvalue weighted by molar-refractivity contribution is 5.69. The minimum absolute atomic E-state index is 0.0408. The molecule has 0 aliphatic carbocycles. The number of aliphatic carboxylic acids is 1. The molecular formula is C9H17NO3. The first-order chi connectivity index (χ1) is 6.20. The third-order valence-electron chi connectivity index (χ3n) is 1.50. The molecule has 13 heavy (non-hydrogen) atoms. The van der Waals surface area contributed by atoms with Crippen molar-refractivity contribution in [2.45, 2.75) is 6.92 Å². The van der Waals surface area contributed by atoms with E-state index in [1.807, 2.05) is 6.92 Å². The van der Waals surface area contributed by atoms with Gasteiger partial charge < -0.3 is 9.84 Å². The monoisotopic (exact) mass is 187 g/mol. The lowest BCUT2D eigenvalue weighted by molar-refractivity contribution is -0.138. The van der Waals surface area contributed by atoms with Gasteiger partial charge in [0.2, 0.25) is 0 Å². The van der Waals surface area contributed by atoms with Crippen LogP contribution in [0.3, 0.4) is 0 Å². The summed E-state index contributed by atoms with van der Waals surface area (Å²) in [5.41, 5.74) is 0. The Balaban J connectivity index is 3.65. The zero-order valence-corrected chi connectivity index (χ0v) is 8.03. The Morgan fingerprint density at radius 3 is 2.85 bits per heavy atom. The van der Waals surface area contributed by atoms with Crippen molar-refractivity contribution in [3.05, 3.63) is 12.7 Å². The summed E-state index contributed by atoms with van der Waals surface area (Å²) in [4.78, 5) is 12.2. The van der Waals surface area contributed by atoms with Gasteiger partial charge in [-0.3, -0.25) is 9.69 Å². The SMILES string of the molecule is C=CCN(CCOCC)CC(=O)O. The fourth-order valence-electron chi connectivity index (χ4n) is 0.947. The fraction of sp³-hybridized carbons (Fsp3) is 0.667. The molecule has 0 saturated heterocycles. The largest absolute Gasteiger partial charge is 0.480 e. The third-order valence-corrected chi connectivity index (χ3v) is 1.50. The lowest BCUT2D eigenvalue weighted by atomic mass is 10.4. The van der Waals surface area contributed by atoms with Gasteiger partial charge in [0.25, 0.3) is 0 Å². The number of nitrogens with zero attached hydrogens (tertiary/aromatic N) is 1. The van der Waals surface area contributed by atoms with Crippen molar-refractivity contribution in [2.75, 3.05) is 32.8 Å². The summed E-state index contributed by atoms with van der Waals surface area (Å²) < 4.78 is 5.12. The molecule has 0 atom stereocenters. The lowest BCUT2D eigenvalue weighted by Gasteiger charge is -2.17. The van der Waals surface area contributed by atoms with Crippen LogP contribution in [0.15, 0.2) is 12.7 Å². The summed E-state index contributed by atoms with van der Waals surface area (Å²) in [7, 11) is 0. The number of rotatable bonds is 8. The standard InChI is InChI=1S/C9H17NO3/c1-3-5-10(8-9(11)12)6-7-13-4-2/h3H,1,4-8H2,2H3,(H,11,12). The molecule has 4 heteroatoms. The summed E-state index contributed by atoms with van der Waals surface area (Å²) in [5, 5.41) is 8.55. The second-order valence-corrected chi connectivity index (χ2v) is 2.61. The van der Waals surface area contributed by atoms with E-state index in [4.69, 9.17) is 9.84 Å². The smallest absolute Gasteiger partial charge is 0.317 e. The van der Waals surface area contributed by atoms with Crippen LogP contribution < -0.4 is 0 Å². The van der Waals surface area contributed by atoms with Crippen LogP contribution in [-0.4, -0.2) is 48.8 Å². The average molecular weight is 187 g/mol. The van der Waals surface area contributed by atoms with Crippen molar-refractivity contribution in [2.24, 2.45) is 0 Å². The first-order valence-electron chi connectivity index (χ1n) is 4.33. The third kappa shape index (κ3) is 7.49. The van der Waals surface area contributed by atoms with Crippen molar-refractivity contribution in [3.8, 4) is 0 Å². The second-order valence-electron chi connectivity index (χ2n) is 2.61. The van der Waals surface area contributed by atoms with Crippen LogP contribution >= 0.6 is 0 Å². The van der Waals surface area contributed by atoms with Crippen LogP contribution in [0.2, 0.25) is 0 Å². The van der Waals surface area contributed by atoms with E-state index in [1.54, 1.807) is 11.0 Å². The Morgan fingerprint density at radius 1 is 1.69 bits per heavy atom. The molecule has 76 valence electrons. The van der Waals surface area contributed by atoms with Crippen LogP contribution in [0, 0.1) is 0 Å². The van der Waals surface area contributed by atoms with E-state index in [2.05, 4.69) is 6.58 Å². The number of carbonyl (C=O) groups is 1. The Labute approximate surface area is 78.8 Å².